The van der Waals surface area contributed by atoms with Crippen molar-refractivity contribution < 1.29 is 9.13 Å². The number of H-pyrrole nitrogens is 1. The van der Waals surface area contributed by atoms with Crippen molar-refractivity contribution in [1.82, 2.24) is 29.0 Å². The molecule has 5 heterocycles. The summed E-state index contributed by atoms with van der Waals surface area (Å²) in [5, 5.41) is 10.8. The third-order valence-electron chi connectivity index (χ3n) is 7.93. The van der Waals surface area contributed by atoms with Crippen LogP contribution < -0.4 is 5.56 Å². The van der Waals surface area contributed by atoms with Crippen molar-refractivity contribution in [1.29, 1.82) is 5.26 Å². The number of aryl methyl sites for hydroxylation is 1. The Balaban J connectivity index is 0.00000161. The Labute approximate surface area is 249 Å². The Morgan fingerprint density at radius 2 is 1.91 bits per heavy atom. The van der Waals surface area contributed by atoms with Crippen molar-refractivity contribution >= 4 is 10.9 Å². The van der Waals surface area contributed by atoms with E-state index in [9.17, 15) is 14.4 Å². The quantitative estimate of drug-likeness (QED) is 0.284. The predicted molar refractivity (Wildman–Crippen MR) is 163 cm³/mol. The molecule has 4 aromatic heterocycles. The zero-order valence-corrected chi connectivity index (χ0v) is 24.6. The lowest BCUT2D eigenvalue weighted by atomic mass is 9.98. The number of nitrogens with zero attached hydrogens (tertiary/aromatic N) is 6. The number of halogens is 1. The van der Waals surface area contributed by atoms with Gasteiger partial charge in [0.2, 0.25) is 0 Å². The van der Waals surface area contributed by atoms with Crippen molar-refractivity contribution in [2.45, 2.75) is 39.2 Å². The van der Waals surface area contributed by atoms with Gasteiger partial charge in [0.25, 0.3) is 5.56 Å². The lowest BCUT2D eigenvalue weighted by molar-refractivity contribution is 0.0337. The normalized spacial score (nSPS) is 15.2. The molecule has 2 aliphatic rings. The van der Waals surface area contributed by atoms with Crippen LogP contribution in [-0.4, -0.2) is 55.3 Å². The number of hydrogen-bond acceptors (Lipinski definition) is 6. The summed E-state index contributed by atoms with van der Waals surface area (Å²) in [4.78, 5) is 28.6. The van der Waals surface area contributed by atoms with Gasteiger partial charge >= 0.3 is 0 Å². The summed E-state index contributed by atoms with van der Waals surface area (Å²) in [7, 11) is 1.84. The van der Waals surface area contributed by atoms with E-state index in [1.165, 1.54) is 12.1 Å². The number of nitrogens with one attached hydrogen (secondary N) is 1. The van der Waals surface area contributed by atoms with Gasteiger partial charge in [-0.05, 0) is 65.8 Å². The molecular formula is C33H34FN7O2. The molecule has 10 heteroatoms. The highest BCUT2D eigenvalue weighted by Gasteiger charge is 2.28. The lowest BCUT2D eigenvalue weighted by Crippen LogP contribution is -2.35. The van der Waals surface area contributed by atoms with Gasteiger partial charge in [0, 0.05) is 61.9 Å². The fourth-order valence-electron chi connectivity index (χ4n) is 5.70. The molecule has 0 radical (unpaired) electrons. The fraction of sp³-hybridized carbons (Fsp3) is 0.333. The van der Waals surface area contributed by atoms with E-state index in [0.29, 0.717) is 59.5 Å². The van der Waals surface area contributed by atoms with Crippen LogP contribution in [0, 0.1) is 17.1 Å². The summed E-state index contributed by atoms with van der Waals surface area (Å²) in [6.07, 6.45) is 7.46. The maximum atomic E-state index is 14.4. The molecule has 220 valence electrons. The molecule has 1 aromatic carbocycles. The summed E-state index contributed by atoms with van der Waals surface area (Å²) in [5.74, 6) is 0.913. The molecule has 1 saturated heterocycles. The van der Waals surface area contributed by atoms with Crippen molar-refractivity contribution in [3.8, 4) is 34.4 Å². The second-order valence-electron chi connectivity index (χ2n) is 10.8. The molecule has 0 spiro atoms. The zero-order valence-electron chi connectivity index (χ0n) is 24.6. The summed E-state index contributed by atoms with van der Waals surface area (Å²) >= 11 is 0. The fourth-order valence-corrected chi connectivity index (χ4v) is 5.70. The molecule has 7 rings (SSSR count). The van der Waals surface area contributed by atoms with Crippen molar-refractivity contribution in [2.75, 3.05) is 26.3 Å². The van der Waals surface area contributed by atoms with Crippen molar-refractivity contribution in [3.63, 3.8) is 0 Å². The number of aromatic nitrogens is 5. The summed E-state index contributed by atoms with van der Waals surface area (Å²) in [5.41, 5.74) is 4.47. The monoisotopic (exact) mass is 579 g/mol. The van der Waals surface area contributed by atoms with Gasteiger partial charge < -0.3 is 14.3 Å². The predicted octanol–water partition coefficient (Wildman–Crippen LogP) is 5.53. The number of hydrogen-bond donors (Lipinski definition) is 1. The second kappa shape index (κ2) is 12.0. The topological polar surface area (TPSA) is 105 Å². The highest BCUT2D eigenvalue weighted by Crippen LogP contribution is 2.43. The minimum absolute atomic E-state index is 0.159. The van der Waals surface area contributed by atoms with Gasteiger partial charge in [0.15, 0.2) is 0 Å². The first-order valence-electron chi connectivity index (χ1n) is 14.8. The lowest BCUT2D eigenvalue weighted by Gasteiger charge is -2.25. The minimum atomic E-state index is -0.392. The molecule has 2 fully saturated rings. The molecule has 43 heavy (non-hydrogen) atoms. The molecule has 5 aromatic rings. The van der Waals surface area contributed by atoms with Crippen LogP contribution in [0.5, 0.6) is 0 Å². The van der Waals surface area contributed by atoms with Gasteiger partial charge in [-0.25, -0.2) is 14.4 Å². The Kier molecular flexibility index (Phi) is 7.93. The van der Waals surface area contributed by atoms with Crippen LogP contribution in [0.25, 0.3) is 39.2 Å². The van der Waals surface area contributed by atoms with Gasteiger partial charge in [-0.2, -0.15) is 5.26 Å². The van der Waals surface area contributed by atoms with Gasteiger partial charge in [-0.1, -0.05) is 19.9 Å². The molecule has 9 nitrogen and oxygen atoms in total. The summed E-state index contributed by atoms with van der Waals surface area (Å²) < 4.78 is 23.2. The van der Waals surface area contributed by atoms with Crippen LogP contribution in [0.1, 0.15) is 49.6 Å². The molecular weight excluding hydrogens is 545 g/mol. The maximum Gasteiger partial charge on any atom is 0.280 e. The van der Waals surface area contributed by atoms with Gasteiger partial charge in [0.1, 0.15) is 34.7 Å². The zero-order chi connectivity index (χ0) is 30.1. The van der Waals surface area contributed by atoms with Crippen LogP contribution in [0.3, 0.4) is 0 Å². The molecule has 0 bridgehead atoms. The average molecular weight is 580 g/mol. The van der Waals surface area contributed by atoms with E-state index in [1.807, 2.05) is 31.7 Å². The summed E-state index contributed by atoms with van der Waals surface area (Å²) in [6.45, 7) is 7.84. The molecule has 1 aliphatic carbocycles. The van der Waals surface area contributed by atoms with Crippen LogP contribution >= 0.6 is 0 Å². The smallest absolute Gasteiger partial charge is 0.280 e. The van der Waals surface area contributed by atoms with E-state index < -0.39 is 5.82 Å². The molecule has 0 atom stereocenters. The van der Waals surface area contributed by atoms with Crippen LogP contribution in [-0.2, 0) is 18.3 Å². The number of nitriles is 1. The SMILES string of the molecule is CC.Cn1ccnc1-c1cc(F)ccc1-c1cc(C#N)nc(-n2cc(C3CC3)c3cc(CN4CCOCC4)[nH]c3c2=O)c1. The number of aromatic amines is 1. The molecule has 0 unspecified atom stereocenters. The third-order valence-corrected chi connectivity index (χ3v) is 7.93. The highest BCUT2D eigenvalue weighted by molar-refractivity contribution is 5.85. The number of ether oxygens (including phenoxy) is 1. The van der Waals surface area contributed by atoms with Crippen LogP contribution in [0.2, 0.25) is 0 Å². The minimum Gasteiger partial charge on any atom is -0.379 e. The summed E-state index contributed by atoms with van der Waals surface area (Å²) in [6, 6.07) is 12.2. The van der Waals surface area contributed by atoms with E-state index in [0.717, 1.165) is 42.6 Å². The largest absolute Gasteiger partial charge is 0.379 e. The maximum absolute atomic E-state index is 14.4. The van der Waals surface area contributed by atoms with Crippen molar-refractivity contribution in [2.24, 2.45) is 7.05 Å². The Bertz CT molecular complexity index is 1890. The molecule has 1 saturated carbocycles. The third kappa shape index (κ3) is 5.61. The molecule has 0 amide bonds. The van der Waals surface area contributed by atoms with Gasteiger partial charge in [0.05, 0.1) is 13.2 Å². The Morgan fingerprint density at radius 1 is 1.12 bits per heavy atom. The van der Waals surface area contributed by atoms with Gasteiger partial charge in [-0.3, -0.25) is 14.3 Å². The van der Waals surface area contributed by atoms with Gasteiger partial charge in [-0.15, -0.1) is 0 Å². The van der Waals surface area contributed by atoms with E-state index in [4.69, 9.17) is 4.74 Å². The number of morpholine rings is 1. The number of benzene rings is 1. The number of imidazole rings is 1. The highest BCUT2D eigenvalue weighted by atomic mass is 19.1. The van der Waals surface area contributed by atoms with Crippen molar-refractivity contribution in [3.05, 3.63) is 88.1 Å². The Morgan fingerprint density at radius 3 is 2.60 bits per heavy atom. The Hall–Kier alpha value is -4.59. The van der Waals surface area contributed by atoms with E-state index in [2.05, 4.69) is 32.0 Å². The number of pyridine rings is 2. The first-order chi connectivity index (χ1) is 21.0. The number of rotatable bonds is 6. The van der Waals surface area contributed by atoms with E-state index in [1.54, 1.807) is 35.2 Å². The first kappa shape index (κ1) is 28.5. The molecule has 1 N–H and O–H groups in total. The van der Waals surface area contributed by atoms with E-state index >= 15 is 0 Å². The molecule has 1 aliphatic heterocycles. The van der Waals surface area contributed by atoms with Crippen LogP contribution in [0.4, 0.5) is 4.39 Å². The first-order valence-corrected chi connectivity index (χ1v) is 14.8. The van der Waals surface area contributed by atoms with Crippen LogP contribution in [0.15, 0.2) is 59.8 Å². The number of fused-ring (bicyclic) bond motifs is 1. The average Bonchev–Trinajstić information content (AvgIpc) is 3.65. The standard InChI is InChI=1S/C31H28FN7O2.C2H6/c1-37-7-6-34-30(37)26-14-21(32)4-5-24(26)20-12-22(16-33)35-28(13-20)39-18-27(19-2-3-19)25-15-23(36-29(25)31(39)40)17-38-8-10-41-11-9-38;1-2/h4-7,12-15,18-19,36H,2-3,8-11,17H2,1H3;1-2H3. The van der Waals surface area contributed by atoms with E-state index in [-0.39, 0.29) is 11.3 Å². The second-order valence-corrected chi connectivity index (χ2v) is 10.8.